The number of nitrogens with zero attached hydrogens (tertiary/aromatic N) is 3. The molecule has 1 aromatic carbocycles. The van der Waals surface area contributed by atoms with Crippen LogP contribution in [0.5, 0.6) is 0 Å². The number of aliphatic hydroxyl groups excluding tert-OH is 1. The Hall–Kier alpha value is -1.88. The standard InChI is InChI=1S/C14H17N3O2/c1-16-12-7-3-2-6-11(12)13(15-16)14(19)17-8-4-5-10(18)9-17/h2-3,6-7,10,18H,4-5,8-9H2,1H3/t10-/m0/s1. The molecule has 1 aliphatic rings. The van der Waals surface area contributed by atoms with Crippen LogP contribution < -0.4 is 0 Å². The Labute approximate surface area is 111 Å². The number of benzene rings is 1. The Morgan fingerprint density at radius 1 is 1.42 bits per heavy atom. The number of piperidine rings is 1. The molecule has 1 amide bonds. The smallest absolute Gasteiger partial charge is 0.275 e. The summed E-state index contributed by atoms with van der Waals surface area (Å²) in [6.45, 7) is 1.10. The van der Waals surface area contributed by atoms with Crippen molar-refractivity contribution >= 4 is 16.8 Å². The Morgan fingerprint density at radius 2 is 2.21 bits per heavy atom. The molecule has 19 heavy (non-hydrogen) atoms. The highest BCUT2D eigenvalue weighted by Crippen LogP contribution is 2.20. The van der Waals surface area contributed by atoms with Crippen LogP contribution in [0, 0.1) is 0 Å². The van der Waals surface area contributed by atoms with E-state index in [1.165, 1.54) is 0 Å². The zero-order valence-corrected chi connectivity index (χ0v) is 10.9. The first kappa shape index (κ1) is 12.2. The molecular weight excluding hydrogens is 242 g/mol. The highest BCUT2D eigenvalue weighted by atomic mass is 16.3. The third kappa shape index (κ3) is 2.10. The molecule has 0 spiro atoms. The number of likely N-dealkylation sites (tertiary alicyclic amines) is 1. The molecule has 1 N–H and O–H groups in total. The number of hydrogen-bond acceptors (Lipinski definition) is 3. The second kappa shape index (κ2) is 4.66. The number of aromatic nitrogens is 2. The van der Waals surface area contributed by atoms with Crippen molar-refractivity contribution in [3.05, 3.63) is 30.0 Å². The molecule has 100 valence electrons. The molecule has 0 saturated carbocycles. The first-order chi connectivity index (χ1) is 9.16. The molecule has 1 saturated heterocycles. The van der Waals surface area contributed by atoms with Crippen molar-refractivity contribution in [1.29, 1.82) is 0 Å². The lowest BCUT2D eigenvalue weighted by atomic mass is 10.1. The predicted octanol–water partition coefficient (Wildman–Crippen LogP) is 1.17. The minimum absolute atomic E-state index is 0.0875. The van der Waals surface area contributed by atoms with Gasteiger partial charge < -0.3 is 10.0 Å². The molecule has 1 aromatic heterocycles. The van der Waals surface area contributed by atoms with Crippen LogP contribution >= 0.6 is 0 Å². The summed E-state index contributed by atoms with van der Waals surface area (Å²) in [6, 6.07) is 7.70. The van der Waals surface area contributed by atoms with Crippen LogP contribution in [0.1, 0.15) is 23.3 Å². The molecule has 5 heteroatoms. The molecule has 0 unspecified atom stereocenters. The Bertz CT molecular complexity index is 620. The summed E-state index contributed by atoms with van der Waals surface area (Å²) in [5.41, 5.74) is 1.43. The van der Waals surface area contributed by atoms with E-state index in [2.05, 4.69) is 5.10 Å². The fourth-order valence-electron chi connectivity index (χ4n) is 2.66. The quantitative estimate of drug-likeness (QED) is 0.836. The molecule has 1 atom stereocenters. The number of aliphatic hydroxyl groups is 1. The lowest BCUT2D eigenvalue weighted by Crippen LogP contribution is -2.42. The number of aryl methyl sites for hydroxylation is 1. The largest absolute Gasteiger partial charge is 0.391 e. The lowest BCUT2D eigenvalue weighted by Gasteiger charge is -2.29. The molecule has 0 aliphatic carbocycles. The van der Waals surface area contributed by atoms with Gasteiger partial charge in [0, 0.05) is 25.5 Å². The van der Waals surface area contributed by atoms with E-state index in [4.69, 9.17) is 0 Å². The fourth-order valence-corrected chi connectivity index (χ4v) is 2.66. The van der Waals surface area contributed by atoms with Crippen molar-refractivity contribution in [2.45, 2.75) is 18.9 Å². The van der Waals surface area contributed by atoms with Crippen LogP contribution in [0.15, 0.2) is 24.3 Å². The van der Waals surface area contributed by atoms with Gasteiger partial charge in [-0.15, -0.1) is 0 Å². The van der Waals surface area contributed by atoms with Crippen molar-refractivity contribution in [2.24, 2.45) is 7.05 Å². The van der Waals surface area contributed by atoms with Gasteiger partial charge in [-0.05, 0) is 18.9 Å². The minimum atomic E-state index is -0.410. The number of rotatable bonds is 1. The molecule has 0 radical (unpaired) electrons. The zero-order chi connectivity index (χ0) is 13.4. The number of fused-ring (bicyclic) bond motifs is 1. The summed E-state index contributed by atoms with van der Waals surface area (Å²) in [5, 5.41) is 14.9. The van der Waals surface area contributed by atoms with E-state index in [0.717, 1.165) is 23.7 Å². The van der Waals surface area contributed by atoms with E-state index in [9.17, 15) is 9.90 Å². The van der Waals surface area contributed by atoms with Crippen LogP contribution in [0.4, 0.5) is 0 Å². The van der Waals surface area contributed by atoms with Gasteiger partial charge in [-0.1, -0.05) is 18.2 Å². The van der Waals surface area contributed by atoms with Gasteiger partial charge in [0.1, 0.15) is 0 Å². The first-order valence-corrected chi connectivity index (χ1v) is 6.56. The van der Waals surface area contributed by atoms with Crippen molar-refractivity contribution < 1.29 is 9.90 Å². The molecule has 2 aromatic rings. The van der Waals surface area contributed by atoms with E-state index >= 15 is 0 Å². The van der Waals surface area contributed by atoms with E-state index in [-0.39, 0.29) is 5.91 Å². The van der Waals surface area contributed by atoms with Gasteiger partial charge in [-0.2, -0.15) is 5.10 Å². The summed E-state index contributed by atoms with van der Waals surface area (Å²) < 4.78 is 1.73. The summed E-state index contributed by atoms with van der Waals surface area (Å²) in [4.78, 5) is 14.2. The highest BCUT2D eigenvalue weighted by molar-refractivity contribution is 6.04. The highest BCUT2D eigenvalue weighted by Gasteiger charge is 2.26. The van der Waals surface area contributed by atoms with Gasteiger partial charge in [0.25, 0.3) is 5.91 Å². The van der Waals surface area contributed by atoms with E-state index in [1.807, 2.05) is 31.3 Å². The predicted molar refractivity (Wildman–Crippen MR) is 71.9 cm³/mol. The molecule has 2 heterocycles. The summed E-state index contributed by atoms with van der Waals surface area (Å²) in [7, 11) is 1.84. The molecule has 1 fully saturated rings. The number of β-amino-alcohol motifs (C(OH)–C–C–N with tert-alkyl or cyclic N) is 1. The van der Waals surface area contributed by atoms with Gasteiger partial charge >= 0.3 is 0 Å². The van der Waals surface area contributed by atoms with Crippen LogP contribution in [-0.4, -0.2) is 44.9 Å². The maximum atomic E-state index is 12.5. The second-order valence-corrected chi connectivity index (χ2v) is 5.04. The van der Waals surface area contributed by atoms with Crippen molar-refractivity contribution in [3.63, 3.8) is 0 Å². The second-order valence-electron chi connectivity index (χ2n) is 5.04. The number of carbonyl (C=O) groups excluding carboxylic acids is 1. The molecule has 1 aliphatic heterocycles. The SMILES string of the molecule is Cn1nc(C(=O)N2CCC[C@H](O)C2)c2ccccc21. The Balaban J connectivity index is 1.97. The third-order valence-corrected chi connectivity index (χ3v) is 3.64. The van der Waals surface area contributed by atoms with Crippen molar-refractivity contribution in [3.8, 4) is 0 Å². The monoisotopic (exact) mass is 259 g/mol. The summed E-state index contributed by atoms with van der Waals surface area (Å²) in [6.07, 6.45) is 1.21. The summed E-state index contributed by atoms with van der Waals surface area (Å²) in [5.74, 6) is -0.0875. The Morgan fingerprint density at radius 3 is 3.00 bits per heavy atom. The van der Waals surface area contributed by atoms with Gasteiger partial charge in [-0.25, -0.2) is 0 Å². The molecular formula is C14H17N3O2. The zero-order valence-electron chi connectivity index (χ0n) is 10.9. The number of amides is 1. The average molecular weight is 259 g/mol. The fraction of sp³-hybridized carbons (Fsp3) is 0.429. The van der Waals surface area contributed by atoms with E-state index in [1.54, 1.807) is 9.58 Å². The molecule has 0 bridgehead atoms. The van der Waals surface area contributed by atoms with Crippen molar-refractivity contribution in [1.82, 2.24) is 14.7 Å². The Kier molecular flexibility index (Phi) is 2.98. The van der Waals surface area contributed by atoms with Gasteiger partial charge in [0.05, 0.1) is 11.6 Å². The topological polar surface area (TPSA) is 58.4 Å². The van der Waals surface area contributed by atoms with Crippen LogP contribution in [0.3, 0.4) is 0 Å². The van der Waals surface area contributed by atoms with Crippen molar-refractivity contribution in [2.75, 3.05) is 13.1 Å². The maximum Gasteiger partial charge on any atom is 0.275 e. The molecule has 5 nitrogen and oxygen atoms in total. The average Bonchev–Trinajstić information content (AvgIpc) is 2.76. The number of hydrogen-bond donors (Lipinski definition) is 1. The van der Waals surface area contributed by atoms with E-state index < -0.39 is 6.10 Å². The van der Waals surface area contributed by atoms with Gasteiger partial charge in [-0.3, -0.25) is 9.48 Å². The normalized spacial score (nSPS) is 19.9. The van der Waals surface area contributed by atoms with Crippen LogP contribution in [0.2, 0.25) is 0 Å². The minimum Gasteiger partial charge on any atom is -0.391 e. The first-order valence-electron chi connectivity index (χ1n) is 6.56. The maximum absolute atomic E-state index is 12.5. The van der Waals surface area contributed by atoms with Crippen LogP contribution in [-0.2, 0) is 7.05 Å². The van der Waals surface area contributed by atoms with Crippen LogP contribution in [0.25, 0.3) is 10.9 Å². The number of para-hydroxylation sites is 1. The number of carbonyl (C=O) groups is 1. The van der Waals surface area contributed by atoms with Gasteiger partial charge in [0.15, 0.2) is 5.69 Å². The third-order valence-electron chi connectivity index (χ3n) is 3.64. The van der Waals surface area contributed by atoms with E-state index in [0.29, 0.717) is 18.8 Å². The summed E-state index contributed by atoms with van der Waals surface area (Å²) >= 11 is 0. The molecule has 3 rings (SSSR count). The lowest BCUT2D eigenvalue weighted by molar-refractivity contribution is 0.0470. The van der Waals surface area contributed by atoms with Gasteiger partial charge in [0.2, 0.25) is 0 Å².